The highest BCUT2D eigenvalue weighted by Gasteiger charge is 2.55. The summed E-state index contributed by atoms with van der Waals surface area (Å²) in [5, 5.41) is 0. The molecule has 0 unspecified atom stereocenters. The molecule has 2 aliphatic rings. The fourth-order valence-corrected chi connectivity index (χ4v) is 3.49. The highest BCUT2D eigenvalue weighted by Crippen LogP contribution is 2.39. The van der Waals surface area contributed by atoms with Crippen molar-refractivity contribution in [1.29, 1.82) is 0 Å². The van der Waals surface area contributed by atoms with E-state index < -0.39 is 17.5 Å². The molecule has 3 amide bonds. The van der Waals surface area contributed by atoms with Crippen molar-refractivity contribution in [2.24, 2.45) is 0 Å². The smallest absolute Gasteiger partial charge is 0.327 e. The van der Waals surface area contributed by atoms with Crippen molar-refractivity contribution in [3.8, 4) is 0 Å². The predicted molar refractivity (Wildman–Crippen MR) is 84.7 cm³/mol. The van der Waals surface area contributed by atoms with Crippen molar-refractivity contribution in [1.82, 2.24) is 14.8 Å². The summed E-state index contributed by atoms with van der Waals surface area (Å²) in [7, 11) is 1.65. The summed E-state index contributed by atoms with van der Waals surface area (Å²) < 4.78 is 5.15. The van der Waals surface area contributed by atoms with Crippen LogP contribution in [0.3, 0.4) is 0 Å². The lowest BCUT2D eigenvalue weighted by molar-refractivity contribution is -0.149. The van der Waals surface area contributed by atoms with Crippen LogP contribution < -0.4 is 0 Å². The lowest BCUT2D eigenvalue weighted by Crippen LogP contribution is -2.49. The zero-order chi connectivity index (χ0) is 17.2. The molecule has 7 heteroatoms. The summed E-state index contributed by atoms with van der Waals surface area (Å²) in [4.78, 5) is 43.7. The molecule has 1 aliphatic carbocycles. The molecule has 1 spiro atoms. The average Bonchev–Trinajstić information content (AvgIpc) is 2.78. The van der Waals surface area contributed by atoms with Gasteiger partial charge in [-0.25, -0.2) is 4.79 Å². The van der Waals surface area contributed by atoms with Crippen LogP contribution in [0.2, 0.25) is 0 Å². The molecule has 0 aromatic carbocycles. The van der Waals surface area contributed by atoms with Crippen LogP contribution in [-0.2, 0) is 20.9 Å². The molecule has 1 saturated heterocycles. The van der Waals surface area contributed by atoms with Crippen molar-refractivity contribution in [2.75, 3.05) is 13.6 Å². The summed E-state index contributed by atoms with van der Waals surface area (Å²) in [5.41, 5.74) is -0.00955. The fourth-order valence-electron chi connectivity index (χ4n) is 3.49. The number of amides is 3. The molecule has 1 saturated carbocycles. The molecule has 0 N–H and O–H groups in total. The molecule has 0 bridgehead atoms. The van der Waals surface area contributed by atoms with Gasteiger partial charge in [-0.1, -0.05) is 25.3 Å². The van der Waals surface area contributed by atoms with Crippen molar-refractivity contribution in [3.63, 3.8) is 0 Å². The van der Waals surface area contributed by atoms with Gasteiger partial charge in [-0.3, -0.25) is 19.5 Å². The second-order valence-electron chi connectivity index (χ2n) is 6.35. The van der Waals surface area contributed by atoms with Crippen LogP contribution in [0.25, 0.3) is 0 Å². The quantitative estimate of drug-likeness (QED) is 0.620. The van der Waals surface area contributed by atoms with Gasteiger partial charge < -0.3 is 9.64 Å². The minimum atomic E-state index is -0.765. The minimum absolute atomic E-state index is 0.0733. The van der Waals surface area contributed by atoms with E-state index in [0.29, 0.717) is 12.8 Å². The lowest BCUT2D eigenvalue weighted by atomic mass is 9.81. The third-order valence-electron chi connectivity index (χ3n) is 4.89. The Morgan fingerprint density at radius 3 is 2.71 bits per heavy atom. The molecule has 0 radical (unpaired) electrons. The maximum absolute atomic E-state index is 12.8. The van der Waals surface area contributed by atoms with E-state index in [4.69, 9.17) is 4.74 Å². The molecular weight excluding hydrogens is 310 g/mol. The number of rotatable bonds is 4. The summed E-state index contributed by atoms with van der Waals surface area (Å²) >= 11 is 0. The first-order valence-electron chi connectivity index (χ1n) is 8.19. The first-order valence-corrected chi connectivity index (χ1v) is 8.19. The number of ether oxygens (including phenoxy) is 1. The van der Waals surface area contributed by atoms with Gasteiger partial charge in [0.25, 0.3) is 5.91 Å². The Balaban J connectivity index is 1.63. The number of hydrogen-bond donors (Lipinski definition) is 0. The third-order valence-corrected chi connectivity index (χ3v) is 4.89. The first kappa shape index (κ1) is 16.4. The van der Waals surface area contributed by atoms with E-state index in [0.717, 1.165) is 29.7 Å². The zero-order valence-electron chi connectivity index (χ0n) is 13.7. The molecular formula is C17H21N3O4. The maximum Gasteiger partial charge on any atom is 0.327 e. The van der Waals surface area contributed by atoms with Crippen LogP contribution in [0.5, 0.6) is 0 Å². The van der Waals surface area contributed by atoms with E-state index in [-0.39, 0.29) is 19.1 Å². The second kappa shape index (κ2) is 6.59. The number of hydrogen-bond acceptors (Lipinski definition) is 5. The summed E-state index contributed by atoms with van der Waals surface area (Å²) in [5.74, 6) is -0.866. The van der Waals surface area contributed by atoms with Gasteiger partial charge >= 0.3 is 12.0 Å². The van der Waals surface area contributed by atoms with Crippen molar-refractivity contribution < 1.29 is 19.1 Å². The molecule has 3 rings (SSSR count). The van der Waals surface area contributed by atoms with Gasteiger partial charge in [-0.05, 0) is 18.9 Å². The number of esters is 1. The van der Waals surface area contributed by atoms with Crippen LogP contribution in [-0.4, -0.2) is 51.8 Å². The average molecular weight is 331 g/mol. The Bertz CT molecular complexity index is 640. The Morgan fingerprint density at radius 1 is 1.29 bits per heavy atom. The van der Waals surface area contributed by atoms with Gasteiger partial charge in [-0.15, -0.1) is 0 Å². The van der Waals surface area contributed by atoms with E-state index >= 15 is 0 Å². The maximum atomic E-state index is 12.8. The third kappa shape index (κ3) is 2.86. The van der Waals surface area contributed by atoms with Crippen molar-refractivity contribution in [2.45, 2.75) is 44.2 Å². The van der Waals surface area contributed by atoms with E-state index in [1.54, 1.807) is 31.6 Å². The number of likely N-dealkylation sites (N-methyl/N-ethyl adjacent to an activating group) is 1. The number of imide groups is 1. The van der Waals surface area contributed by atoms with Crippen molar-refractivity contribution in [3.05, 3.63) is 30.1 Å². The van der Waals surface area contributed by atoms with Crippen LogP contribution in [0.4, 0.5) is 4.79 Å². The summed E-state index contributed by atoms with van der Waals surface area (Å²) in [6, 6.07) is 3.12. The van der Waals surface area contributed by atoms with Gasteiger partial charge in [-0.2, -0.15) is 0 Å². The highest BCUT2D eigenvalue weighted by atomic mass is 16.5. The standard InChI is InChI=1S/C17H21N3O4/c1-19-16(23)20(15(22)17(19)7-3-2-4-8-17)11-14(21)24-12-13-6-5-9-18-10-13/h5-6,9-10H,2-4,7-8,11-12H2,1H3. The summed E-state index contributed by atoms with van der Waals surface area (Å²) in [6.07, 6.45) is 7.47. The zero-order valence-corrected chi connectivity index (χ0v) is 13.7. The Morgan fingerprint density at radius 2 is 2.04 bits per heavy atom. The molecule has 1 aromatic rings. The monoisotopic (exact) mass is 331 g/mol. The molecule has 2 heterocycles. The molecule has 7 nitrogen and oxygen atoms in total. The number of nitrogens with zero attached hydrogens (tertiary/aromatic N) is 3. The van der Waals surface area contributed by atoms with E-state index in [1.165, 1.54) is 4.90 Å². The van der Waals surface area contributed by atoms with Gasteiger partial charge in [0.15, 0.2) is 0 Å². The fraction of sp³-hybridized carbons (Fsp3) is 0.529. The normalized spacial score (nSPS) is 19.9. The Labute approximate surface area is 140 Å². The molecule has 0 atom stereocenters. The van der Waals surface area contributed by atoms with E-state index in [1.807, 2.05) is 0 Å². The van der Waals surface area contributed by atoms with Gasteiger partial charge in [0.05, 0.1) is 0 Å². The largest absolute Gasteiger partial charge is 0.459 e. The van der Waals surface area contributed by atoms with Crippen LogP contribution >= 0.6 is 0 Å². The molecule has 2 fully saturated rings. The summed E-state index contributed by atoms with van der Waals surface area (Å²) in [6.45, 7) is -0.270. The van der Waals surface area contributed by atoms with E-state index in [9.17, 15) is 14.4 Å². The minimum Gasteiger partial charge on any atom is -0.459 e. The molecule has 24 heavy (non-hydrogen) atoms. The second-order valence-corrected chi connectivity index (χ2v) is 6.35. The molecule has 1 aromatic heterocycles. The number of pyridine rings is 1. The lowest BCUT2D eigenvalue weighted by Gasteiger charge is -2.35. The number of aromatic nitrogens is 1. The van der Waals surface area contributed by atoms with Gasteiger partial charge in [0, 0.05) is 25.0 Å². The van der Waals surface area contributed by atoms with E-state index in [2.05, 4.69) is 4.98 Å². The Kier molecular flexibility index (Phi) is 4.51. The topological polar surface area (TPSA) is 79.8 Å². The van der Waals surface area contributed by atoms with Gasteiger partial charge in [0.2, 0.25) is 0 Å². The number of urea groups is 1. The van der Waals surface area contributed by atoms with Crippen molar-refractivity contribution >= 4 is 17.9 Å². The van der Waals surface area contributed by atoms with Crippen LogP contribution in [0.15, 0.2) is 24.5 Å². The highest BCUT2D eigenvalue weighted by molar-refractivity contribution is 6.08. The van der Waals surface area contributed by atoms with Gasteiger partial charge in [0.1, 0.15) is 18.7 Å². The molecule has 128 valence electrons. The van der Waals surface area contributed by atoms with Crippen LogP contribution in [0, 0.1) is 0 Å². The Hall–Kier alpha value is -2.44. The van der Waals surface area contributed by atoms with Crippen LogP contribution in [0.1, 0.15) is 37.7 Å². The SMILES string of the molecule is CN1C(=O)N(CC(=O)OCc2cccnc2)C(=O)C12CCCCC2. The first-order chi connectivity index (χ1) is 11.5. The number of carbonyl (C=O) groups is 3. The number of carbonyl (C=O) groups excluding carboxylic acids is 3. The molecule has 1 aliphatic heterocycles. The predicted octanol–water partition coefficient (Wildman–Crippen LogP) is 1.72.